The molecule has 0 aliphatic carbocycles. The smallest absolute Gasteiger partial charge is 0.169 e. The van der Waals surface area contributed by atoms with Gasteiger partial charge >= 0.3 is 0 Å². The molecule has 0 saturated heterocycles. The van der Waals surface area contributed by atoms with E-state index < -0.39 is 0 Å². The van der Waals surface area contributed by atoms with Crippen LogP contribution in [0.4, 0.5) is 10.2 Å². The summed E-state index contributed by atoms with van der Waals surface area (Å²) in [7, 11) is 0. The van der Waals surface area contributed by atoms with E-state index in [-0.39, 0.29) is 10.9 Å². The largest absolute Gasteiger partial charge is 0.376 e. The fourth-order valence-corrected chi connectivity index (χ4v) is 2.23. The summed E-state index contributed by atoms with van der Waals surface area (Å²) in [4.78, 5) is 0. The highest BCUT2D eigenvalue weighted by Crippen LogP contribution is 2.24. The minimum absolute atomic E-state index is 0.155. The molecule has 4 nitrogen and oxygen atoms in total. The predicted octanol–water partition coefficient (Wildman–Crippen LogP) is 3.33. The molecule has 0 amide bonds. The number of para-hydroxylation sites is 1. The second-order valence-electron chi connectivity index (χ2n) is 4.66. The maximum absolute atomic E-state index is 13.1. The number of thiocarbonyl (C=S) groups is 1. The molecule has 22 heavy (non-hydrogen) atoms. The first kappa shape index (κ1) is 14.2. The zero-order valence-corrected chi connectivity index (χ0v) is 12.3. The number of benzene rings is 2. The number of hydrogen-bond acceptors (Lipinski definition) is 2. The highest BCUT2D eigenvalue weighted by Gasteiger charge is 2.11. The Morgan fingerprint density at radius 1 is 1.09 bits per heavy atom. The van der Waals surface area contributed by atoms with Gasteiger partial charge in [-0.25, -0.2) is 9.07 Å². The van der Waals surface area contributed by atoms with E-state index in [0.717, 1.165) is 11.3 Å². The number of nitrogens with one attached hydrogen (secondary N) is 1. The van der Waals surface area contributed by atoms with Crippen molar-refractivity contribution < 1.29 is 4.39 Å². The van der Waals surface area contributed by atoms with Gasteiger partial charge in [-0.05, 0) is 48.6 Å². The maximum Gasteiger partial charge on any atom is 0.169 e. The highest BCUT2D eigenvalue weighted by atomic mass is 32.1. The zero-order valence-electron chi connectivity index (χ0n) is 11.5. The number of hydrogen-bond donors (Lipinski definition) is 2. The standard InChI is InChI=1S/C16H13FN4S/c17-12-8-6-11(7-9-12)14-10-15(19-16(18)22)21(20-14)13-4-2-1-3-5-13/h1-10H,(H3,18,19,22). The van der Waals surface area contributed by atoms with Gasteiger partial charge in [0.2, 0.25) is 0 Å². The number of nitrogens with zero attached hydrogens (tertiary/aromatic N) is 2. The maximum atomic E-state index is 13.1. The normalized spacial score (nSPS) is 10.4. The lowest BCUT2D eigenvalue weighted by Crippen LogP contribution is -2.20. The topological polar surface area (TPSA) is 55.9 Å². The Bertz CT molecular complexity index is 797. The van der Waals surface area contributed by atoms with Crippen LogP contribution >= 0.6 is 12.2 Å². The summed E-state index contributed by atoms with van der Waals surface area (Å²) >= 11 is 4.91. The minimum Gasteiger partial charge on any atom is -0.376 e. The Balaban J connectivity index is 2.08. The lowest BCUT2D eigenvalue weighted by Gasteiger charge is -2.07. The highest BCUT2D eigenvalue weighted by molar-refractivity contribution is 7.80. The summed E-state index contributed by atoms with van der Waals surface area (Å²) in [5.74, 6) is 0.366. The van der Waals surface area contributed by atoms with Crippen LogP contribution in [0.2, 0.25) is 0 Å². The van der Waals surface area contributed by atoms with Crippen LogP contribution in [0.25, 0.3) is 16.9 Å². The van der Waals surface area contributed by atoms with Gasteiger partial charge in [-0.2, -0.15) is 5.10 Å². The zero-order chi connectivity index (χ0) is 15.5. The van der Waals surface area contributed by atoms with E-state index in [9.17, 15) is 4.39 Å². The van der Waals surface area contributed by atoms with E-state index in [0.29, 0.717) is 11.5 Å². The molecule has 0 spiro atoms. The average molecular weight is 312 g/mol. The fraction of sp³-hybridized carbons (Fsp3) is 0. The molecule has 0 aliphatic rings. The summed E-state index contributed by atoms with van der Waals surface area (Å²) in [6, 6.07) is 17.6. The molecule has 3 aromatic rings. The Morgan fingerprint density at radius 3 is 2.41 bits per heavy atom. The van der Waals surface area contributed by atoms with Gasteiger partial charge in [-0.3, -0.25) is 0 Å². The molecule has 110 valence electrons. The lowest BCUT2D eigenvalue weighted by molar-refractivity contribution is 0.628. The van der Waals surface area contributed by atoms with Crippen molar-refractivity contribution in [3.05, 3.63) is 66.5 Å². The molecule has 0 radical (unpaired) electrons. The van der Waals surface area contributed by atoms with Crippen molar-refractivity contribution in [2.75, 3.05) is 5.32 Å². The Hall–Kier alpha value is -2.73. The number of nitrogens with two attached hydrogens (primary N) is 1. The third-order valence-corrected chi connectivity index (χ3v) is 3.20. The van der Waals surface area contributed by atoms with Crippen LogP contribution in [0.5, 0.6) is 0 Å². The predicted molar refractivity (Wildman–Crippen MR) is 89.4 cm³/mol. The van der Waals surface area contributed by atoms with Crippen LogP contribution in [0.15, 0.2) is 60.7 Å². The molecular formula is C16H13FN4S. The molecule has 0 bridgehead atoms. The molecule has 0 fully saturated rings. The summed E-state index contributed by atoms with van der Waals surface area (Å²) in [6.45, 7) is 0. The molecule has 1 aromatic heterocycles. The second-order valence-corrected chi connectivity index (χ2v) is 5.10. The molecule has 6 heteroatoms. The van der Waals surface area contributed by atoms with Gasteiger partial charge < -0.3 is 11.1 Å². The molecule has 3 N–H and O–H groups in total. The summed E-state index contributed by atoms with van der Waals surface area (Å²) in [5.41, 5.74) is 7.94. The third-order valence-electron chi connectivity index (χ3n) is 3.10. The Labute approximate surface area is 132 Å². The Morgan fingerprint density at radius 2 is 1.77 bits per heavy atom. The third kappa shape index (κ3) is 2.96. The number of anilines is 1. The summed E-state index contributed by atoms with van der Waals surface area (Å²) in [5, 5.41) is 7.61. The van der Waals surface area contributed by atoms with Crippen LogP contribution in [-0.2, 0) is 0 Å². The molecule has 0 unspecified atom stereocenters. The molecule has 0 atom stereocenters. The quantitative estimate of drug-likeness (QED) is 0.728. The van der Waals surface area contributed by atoms with Crippen molar-refractivity contribution >= 4 is 23.1 Å². The molecule has 0 aliphatic heterocycles. The van der Waals surface area contributed by atoms with Gasteiger partial charge in [-0.15, -0.1) is 0 Å². The van der Waals surface area contributed by atoms with Gasteiger partial charge in [-0.1, -0.05) is 18.2 Å². The van der Waals surface area contributed by atoms with Crippen molar-refractivity contribution in [1.29, 1.82) is 0 Å². The van der Waals surface area contributed by atoms with E-state index >= 15 is 0 Å². The van der Waals surface area contributed by atoms with Crippen LogP contribution in [-0.4, -0.2) is 14.9 Å². The molecule has 1 heterocycles. The van der Waals surface area contributed by atoms with Crippen LogP contribution in [0.3, 0.4) is 0 Å². The van der Waals surface area contributed by atoms with Gasteiger partial charge in [0.15, 0.2) is 5.11 Å². The van der Waals surface area contributed by atoms with E-state index in [2.05, 4.69) is 10.4 Å². The average Bonchev–Trinajstić information content (AvgIpc) is 2.92. The first-order chi connectivity index (χ1) is 10.6. The van der Waals surface area contributed by atoms with Crippen molar-refractivity contribution in [1.82, 2.24) is 9.78 Å². The van der Waals surface area contributed by atoms with E-state index in [1.807, 2.05) is 36.4 Å². The SMILES string of the molecule is NC(=S)Nc1cc(-c2ccc(F)cc2)nn1-c1ccccc1. The monoisotopic (exact) mass is 312 g/mol. The molecule has 3 rings (SSSR count). The number of aromatic nitrogens is 2. The summed E-state index contributed by atoms with van der Waals surface area (Å²) in [6.07, 6.45) is 0. The van der Waals surface area contributed by atoms with Gasteiger partial charge in [0.05, 0.1) is 11.4 Å². The van der Waals surface area contributed by atoms with Crippen molar-refractivity contribution in [3.63, 3.8) is 0 Å². The summed E-state index contributed by atoms with van der Waals surface area (Å²) < 4.78 is 14.8. The van der Waals surface area contributed by atoms with Crippen LogP contribution in [0.1, 0.15) is 0 Å². The van der Waals surface area contributed by atoms with Gasteiger partial charge in [0.25, 0.3) is 0 Å². The van der Waals surface area contributed by atoms with Gasteiger partial charge in [0, 0.05) is 11.6 Å². The fourth-order valence-electron chi connectivity index (χ4n) is 2.12. The first-order valence-electron chi connectivity index (χ1n) is 6.61. The van der Waals surface area contributed by atoms with Crippen LogP contribution < -0.4 is 11.1 Å². The lowest BCUT2D eigenvalue weighted by atomic mass is 10.1. The van der Waals surface area contributed by atoms with Crippen LogP contribution in [0, 0.1) is 5.82 Å². The molecule has 2 aromatic carbocycles. The number of halogens is 1. The minimum atomic E-state index is -0.285. The van der Waals surface area contributed by atoms with Crippen molar-refractivity contribution in [3.8, 4) is 16.9 Å². The van der Waals surface area contributed by atoms with E-state index in [1.54, 1.807) is 16.8 Å². The van der Waals surface area contributed by atoms with Crippen molar-refractivity contribution in [2.45, 2.75) is 0 Å². The van der Waals surface area contributed by atoms with Gasteiger partial charge in [0.1, 0.15) is 11.6 Å². The Kier molecular flexibility index (Phi) is 3.84. The number of rotatable bonds is 3. The molecular weight excluding hydrogens is 299 g/mol. The second kappa shape index (κ2) is 5.95. The van der Waals surface area contributed by atoms with Crippen molar-refractivity contribution in [2.24, 2.45) is 5.73 Å². The van der Waals surface area contributed by atoms with E-state index in [4.69, 9.17) is 18.0 Å². The first-order valence-corrected chi connectivity index (χ1v) is 7.02. The molecule has 0 saturated carbocycles. The van der Waals surface area contributed by atoms with E-state index in [1.165, 1.54) is 12.1 Å².